The second kappa shape index (κ2) is 6.07. The van der Waals surface area contributed by atoms with Crippen LogP contribution in [-0.4, -0.2) is 56.5 Å². The minimum Gasteiger partial charge on any atom is -0.493 e. The first-order chi connectivity index (χ1) is 10.6. The van der Waals surface area contributed by atoms with Crippen LogP contribution in [0.1, 0.15) is 29.9 Å². The zero-order chi connectivity index (χ0) is 15.7. The molecule has 1 saturated heterocycles. The molecule has 1 aromatic rings. The molecule has 2 aliphatic rings. The van der Waals surface area contributed by atoms with E-state index in [4.69, 9.17) is 9.47 Å². The van der Waals surface area contributed by atoms with Crippen molar-refractivity contribution in [2.24, 2.45) is 0 Å². The molecule has 0 radical (unpaired) electrons. The lowest BCUT2D eigenvalue weighted by Crippen LogP contribution is -2.50. The number of nitrogens with zero attached hydrogens (tertiary/aromatic N) is 1. The van der Waals surface area contributed by atoms with Crippen molar-refractivity contribution in [3.8, 4) is 11.5 Å². The van der Waals surface area contributed by atoms with Gasteiger partial charge in [0.05, 0.1) is 19.8 Å². The normalized spacial score (nSPS) is 24.6. The van der Waals surface area contributed by atoms with E-state index >= 15 is 0 Å². The lowest BCUT2D eigenvalue weighted by molar-refractivity contribution is -0.0279. The van der Waals surface area contributed by atoms with E-state index in [-0.39, 0.29) is 5.92 Å². The van der Waals surface area contributed by atoms with Gasteiger partial charge < -0.3 is 24.8 Å². The summed E-state index contributed by atoms with van der Waals surface area (Å²) in [5.41, 5.74) is 1.79. The van der Waals surface area contributed by atoms with Gasteiger partial charge >= 0.3 is 0 Å². The van der Waals surface area contributed by atoms with Gasteiger partial charge in [0.15, 0.2) is 11.5 Å². The van der Waals surface area contributed by atoms with Crippen molar-refractivity contribution < 1.29 is 14.6 Å². The van der Waals surface area contributed by atoms with E-state index in [2.05, 4.69) is 29.4 Å². The van der Waals surface area contributed by atoms with E-state index in [9.17, 15) is 5.11 Å². The number of likely N-dealkylation sites (N-methyl/N-ethyl adjacent to an activating group) is 1. The Morgan fingerprint density at radius 1 is 1.18 bits per heavy atom. The highest BCUT2D eigenvalue weighted by Crippen LogP contribution is 2.43. The molecule has 0 aliphatic carbocycles. The molecule has 1 aromatic carbocycles. The van der Waals surface area contributed by atoms with Crippen molar-refractivity contribution in [3.05, 3.63) is 23.3 Å². The summed E-state index contributed by atoms with van der Waals surface area (Å²) in [5.74, 6) is 1.61. The third kappa shape index (κ3) is 2.69. The number of fused-ring (bicyclic) bond motifs is 1. The van der Waals surface area contributed by atoms with Crippen LogP contribution in [0.4, 0.5) is 0 Å². The Balaban J connectivity index is 2.04. The Morgan fingerprint density at radius 3 is 2.45 bits per heavy atom. The Hall–Kier alpha value is -1.30. The van der Waals surface area contributed by atoms with Gasteiger partial charge in [-0.25, -0.2) is 0 Å². The van der Waals surface area contributed by atoms with E-state index in [1.54, 1.807) is 14.2 Å². The van der Waals surface area contributed by atoms with Gasteiger partial charge in [-0.15, -0.1) is 0 Å². The molecule has 122 valence electrons. The van der Waals surface area contributed by atoms with Crippen LogP contribution in [0.2, 0.25) is 0 Å². The number of piperidine rings is 1. The molecule has 5 heteroatoms. The number of benzene rings is 1. The number of methoxy groups -OCH3 is 2. The summed E-state index contributed by atoms with van der Waals surface area (Å²) in [7, 11) is 5.43. The van der Waals surface area contributed by atoms with Crippen LogP contribution >= 0.6 is 0 Å². The van der Waals surface area contributed by atoms with Crippen molar-refractivity contribution >= 4 is 0 Å². The standard InChI is InChI=1S/C17H26N2O3/c1-19-10-12-8-15(21-2)16(22-3)9-13(12)14(11-19)17(20)4-6-18-7-5-17/h8-9,14,18,20H,4-7,10-11H2,1-3H3. The predicted molar refractivity (Wildman–Crippen MR) is 85.7 cm³/mol. The van der Waals surface area contributed by atoms with E-state index in [0.717, 1.165) is 50.5 Å². The van der Waals surface area contributed by atoms with Gasteiger partial charge in [0.25, 0.3) is 0 Å². The van der Waals surface area contributed by atoms with E-state index in [1.165, 1.54) is 11.1 Å². The highest BCUT2D eigenvalue weighted by molar-refractivity contribution is 5.50. The van der Waals surface area contributed by atoms with Crippen LogP contribution in [0.15, 0.2) is 12.1 Å². The number of rotatable bonds is 3. The molecule has 1 atom stereocenters. The third-order valence-corrected chi connectivity index (χ3v) is 5.07. The molecule has 22 heavy (non-hydrogen) atoms. The quantitative estimate of drug-likeness (QED) is 0.883. The Kier molecular flexibility index (Phi) is 4.30. The second-order valence-corrected chi connectivity index (χ2v) is 6.51. The van der Waals surface area contributed by atoms with Crippen LogP contribution in [0.3, 0.4) is 0 Å². The molecule has 2 aliphatic heterocycles. The number of nitrogens with one attached hydrogen (secondary N) is 1. The van der Waals surface area contributed by atoms with Gasteiger partial charge in [-0.2, -0.15) is 0 Å². The van der Waals surface area contributed by atoms with E-state index in [1.807, 2.05) is 0 Å². The second-order valence-electron chi connectivity index (χ2n) is 6.51. The van der Waals surface area contributed by atoms with Crippen LogP contribution in [0.5, 0.6) is 11.5 Å². The number of hydrogen-bond donors (Lipinski definition) is 2. The Labute approximate surface area is 132 Å². The monoisotopic (exact) mass is 306 g/mol. The molecule has 3 rings (SSSR count). The number of aliphatic hydroxyl groups is 1. The fraction of sp³-hybridized carbons (Fsp3) is 0.647. The first kappa shape index (κ1) is 15.6. The minimum absolute atomic E-state index is 0.114. The van der Waals surface area contributed by atoms with Gasteiger partial charge in [-0.05, 0) is 56.2 Å². The Bertz CT molecular complexity index is 541. The van der Waals surface area contributed by atoms with Crippen LogP contribution in [-0.2, 0) is 6.54 Å². The largest absolute Gasteiger partial charge is 0.493 e. The van der Waals surface area contributed by atoms with E-state index < -0.39 is 5.60 Å². The van der Waals surface area contributed by atoms with Crippen LogP contribution in [0.25, 0.3) is 0 Å². The average Bonchev–Trinajstić information content (AvgIpc) is 2.53. The number of ether oxygens (including phenoxy) is 2. The molecule has 1 fully saturated rings. The fourth-order valence-electron chi connectivity index (χ4n) is 3.83. The average molecular weight is 306 g/mol. The molecule has 5 nitrogen and oxygen atoms in total. The fourth-order valence-corrected chi connectivity index (χ4v) is 3.83. The first-order valence-corrected chi connectivity index (χ1v) is 7.94. The third-order valence-electron chi connectivity index (χ3n) is 5.07. The maximum atomic E-state index is 11.2. The van der Waals surface area contributed by atoms with E-state index in [0.29, 0.717) is 0 Å². The van der Waals surface area contributed by atoms with Gasteiger partial charge in [0.1, 0.15) is 0 Å². The summed E-state index contributed by atoms with van der Waals surface area (Å²) in [6.45, 7) is 3.50. The molecular formula is C17H26N2O3. The molecule has 1 unspecified atom stereocenters. The molecule has 2 N–H and O–H groups in total. The lowest BCUT2D eigenvalue weighted by Gasteiger charge is -2.44. The summed E-state index contributed by atoms with van der Waals surface area (Å²) in [6, 6.07) is 4.12. The van der Waals surface area contributed by atoms with Crippen molar-refractivity contribution in [1.29, 1.82) is 0 Å². The van der Waals surface area contributed by atoms with Crippen molar-refractivity contribution in [2.75, 3.05) is 40.9 Å². The minimum atomic E-state index is -0.645. The number of hydrogen-bond acceptors (Lipinski definition) is 5. The van der Waals surface area contributed by atoms with Gasteiger partial charge in [-0.3, -0.25) is 0 Å². The van der Waals surface area contributed by atoms with Crippen molar-refractivity contribution in [1.82, 2.24) is 10.2 Å². The predicted octanol–water partition coefficient (Wildman–Crippen LogP) is 1.35. The first-order valence-electron chi connectivity index (χ1n) is 7.94. The molecule has 0 aromatic heterocycles. The SMILES string of the molecule is COc1cc2c(cc1OC)C(C1(O)CCNCC1)CN(C)C2. The molecule has 0 saturated carbocycles. The van der Waals surface area contributed by atoms with Crippen molar-refractivity contribution in [2.45, 2.75) is 30.9 Å². The summed E-state index contributed by atoms with van der Waals surface area (Å²) >= 11 is 0. The van der Waals surface area contributed by atoms with Gasteiger partial charge in [0.2, 0.25) is 0 Å². The highest BCUT2D eigenvalue weighted by atomic mass is 16.5. The summed E-state index contributed by atoms with van der Waals surface area (Å²) in [5, 5.41) is 14.5. The molecule has 0 spiro atoms. The van der Waals surface area contributed by atoms with Crippen LogP contribution in [0, 0.1) is 0 Å². The zero-order valence-electron chi connectivity index (χ0n) is 13.7. The Morgan fingerprint density at radius 2 is 1.82 bits per heavy atom. The zero-order valence-corrected chi connectivity index (χ0v) is 13.7. The molecule has 2 heterocycles. The summed E-state index contributed by atoms with van der Waals surface area (Å²) in [4.78, 5) is 2.28. The summed E-state index contributed by atoms with van der Waals surface area (Å²) < 4.78 is 10.9. The molecule has 0 amide bonds. The smallest absolute Gasteiger partial charge is 0.161 e. The highest BCUT2D eigenvalue weighted by Gasteiger charge is 2.42. The maximum Gasteiger partial charge on any atom is 0.161 e. The van der Waals surface area contributed by atoms with Gasteiger partial charge in [-0.1, -0.05) is 0 Å². The molecular weight excluding hydrogens is 280 g/mol. The lowest BCUT2D eigenvalue weighted by atomic mass is 9.73. The molecule has 0 bridgehead atoms. The van der Waals surface area contributed by atoms with Crippen LogP contribution < -0.4 is 14.8 Å². The van der Waals surface area contributed by atoms with Gasteiger partial charge in [0, 0.05) is 19.0 Å². The van der Waals surface area contributed by atoms with Crippen molar-refractivity contribution in [3.63, 3.8) is 0 Å². The maximum absolute atomic E-state index is 11.2. The topological polar surface area (TPSA) is 54.0 Å². The summed E-state index contributed by atoms with van der Waals surface area (Å²) in [6.07, 6.45) is 1.58.